The highest BCUT2D eigenvalue weighted by Gasteiger charge is 2.12. The number of ether oxygens (including phenoxy) is 2. The van der Waals surface area contributed by atoms with Gasteiger partial charge >= 0.3 is 0 Å². The molecule has 0 bridgehead atoms. The van der Waals surface area contributed by atoms with Gasteiger partial charge in [-0.3, -0.25) is 0 Å². The second-order valence-corrected chi connectivity index (χ2v) is 3.88. The van der Waals surface area contributed by atoms with E-state index >= 15 is 0 Å². The van der Waals surface area contributed by atoms with Crippen LogP contribution in [0.25, 0.3) is 0 Å². The van der Waals surface area contributed by atoms with Gasteiger partial charge in [-0.05, 0) is 31.4 Å². The number of nitrogens with zero attached hydrogens (tertiary/aromatic N) is 1. The molecule has 1 saturated heterocycles. The van der Waals surface area contributed by atoms with E-state index in [4.69, 9.17) is 15.2 Å². The fourth-order valence-electron chi connectivity index (χ4n) is 1.59. The summed E-state index contributed by atoms with van der Waals surface area (Å²) in [6.07, 6.45) is 4.83. The van der Waals surface area contributed by atoms with Crippen LogP contribution in [0.3, 0.4) is 0 Å². The maximum atomic E-state index is 5.49. The fraction of sp³-hybridized carbons (Fsp3) is 0.462. The molecule has 1 atom stereocenters. The molecular formula is C13H16N2O2. The van der Waals surface area contributed by atoms with Crippen LogP contribution in [0.5, 0.6) is 0 Å². The predicted octanol–water partition coefficient (Wildman–Crippen LogP) is 1.56. The van der Waals surface area contributed by atoms with Crippen LogP contribution in [0.15, 0.2) is 18.3 Å². The third-order valence-corrected chi connectivity index (χ3v) is 2.50. The summed E-state index contributed by atoms with van der Waals surface area (Å²) in [7, 11) is 0. The predicted molar refractivity (Wildman–Crippen MR) is 65.1 cm³/mol. The molecular weight excluding hydrogens is 216 g/mol. The van der Waals surface area contributed by atoms with Gasteiger partial charge in [-0.1, -0.05) is 11.8 Å². The van der Waals surface area contributed by atoms with E-state index in [9.17, 15) is 0 Å². The first-order valence-electron chi connectivity index (χ1n) is 5.78. The number of pyridine rings is 1. The average molecular weight is 232 g/mol. The van der Waals surface area contributed by atoms with Crippen LogP contribution < -0.4 is 5.73 Å². The van der Waals surface area contributed by atoms with Crippen molar-refractivity contribution in [2.45, 2.75) is 25.6 Å². The summed E-state index contributed by atoms with van der Waals surface area (Å²) in [4.78, 5) is 3.96. The number of anilines is 1. The molecule has 0 aliphatic carbocycles. The molecule has 0 spiro atoms. The van der Waals surface area contributed by atoms with Gasteiger partial charge in [-0.25, -0.2) is 4.98 Å². The van der Waals surface area contributed by atoms with Crippen LogP contribution in [0.2, 0.25) is 0 Å². The molecule has 1 aromatic rings. The maximum Gasteiger partial charge on any atom is 0.158 e. The number of rotatable bonds is 2. The summed E-state index contributed by atoms with van der Waals surface area (Å²) < 4.78 is 10.9. The van der Waals surface area contributed by atoms with E-state index in [-0.39, 0.29) is 6.29 Å². The fourth-order valence-corrected chi connectivity index (χ4v) is 1.59. The van der Waals surface area contributed by atoms with Crippen molar-refractivity contribution in [2.75, 3.05) is 18.9 Å². The smallest absolute Gasteiger partial charge is 0.158 e. The summed E-state index contributed by atoms with van der Waals surface area (Å²) in [5.41, 5.74) is 6.32. The molecule has 4 heteroatoms. The second kappa shape index (κ2) is 6.24. The summed E-state index contributed by atoms with van der Waals surface area (Å²) in [5, 5.41) is 0. The molecule has 0 saturated carbocycles. The van der Waals surface area contributed by atoms with Crippen molar-refractivity contribution in [3.8, 4) is 11.8 Å². The number of hydrogen-bond acceptors (Lipinski definition) is 4. The Morgan fingerprint density at radius 3 is 3.12 bits per heavy atom. The van der Waals surface area contributed by atoms with Gasteiger partial charge in [0.15, 0.2) is 6.29 Å². The van der Waals surface area contributed by atoms with Crippen molar-refractivity contribution < 1.29 is 9.47 Å². The highest BCUT2D eigenvalue weighted by atomic mass is 16.7. The van der Waals surface area contributed by atoms with Crippen LogP contribution in [0.4, 0.5) is 5.82 Å². The lowest BCUT2D eigenvalue weighted by molar-refractivity contribution is -0.154. The third kappa shape index (κ3) is 4.06. The maximum absolute atomic E-state index is 5.49. The number of nitrogens with two attached hydrogens (primary N) is 1. The summed E-state index contributed by atoms with van der Waals surface area (Å²) in [6, 6.07) is 3.57. The van der Waals surface area contributed by atoms with Crippen LogP contribution >= 0.6 is 0 Å². The standard InChI is InChI=1S/C13H16N2O2/c14-12-7-6-11(10-15-12)4-3-9-17-13-5-1-2-8-16-13/h6-7,10,13H,1-2,5,8-9H2,(H2,14,15). The largest absolute Gasteiger partial charge is 0.384 e. The minimum atomic E-state index is -0.0809. The lowest BCUT2D eigenvalue weighted by atomic mass is 10.2. The van der Waals surface area contributed by atoms with E-state index in [1.807, 2.05) is 6.07 Å². The van der Waals surface area contributed by atoms with E-state index in [1.54, 1.807) is 12.3 Å². The lowest BCUT2D eigenvalue weighted by Crippen LogP contribution is -2.22. The van der Waals surface area contributed by atoms with Gasteiger partial charge in [-0.2, -0.15) is 0 Å². The van der Waals surface area contributed by atoms with Crippen molar-refractivity contribution in [2.24, 2.45) is 0 Å². The summed E-state index contributed by atoms with van der Waals surface area (Å²) >= 11 is 0. The first-order valence-corrected chi connectivity index (χ1v) is 5.78. The highest BCUT2D eigenvalue weighted by Crippen LogP contribution is 2.13. The van der Waals surface area contributed by atoms with Crippen LogP contribution in [-0.4, -0.2) is 24.5 Å². The van der Waals surface area contributed by atoms with Crippen LogP contribution in [0, 0.1) is 11.8 Å². The van der Waals surface area contributed by atoms with Gasteiger partial charge in [0, 0.05) is 18.4 Å². The minimum Gasteiger partial charge on any atom is -0.384 e. The van der Waals surface area contributed by atoms with E-state index in [1.165, 1.54) is 6.42 Å². The molecule has 2 rings (SSSR count). The zero-order valence-corrected chi connectivity index (χ0v) is 9.69. The SMILES string of the molecule is Nc1ccc(C#CCOC2CCCCO2)cn1. The summed E-state index contributed by atoms with van der Waals surface area (Å²) in [6.45, 7) is 1.18. The van der Waals surface area contributed by atoms with Crippen LogP contribution in [-0.2, 0) is 9.47 Å². The van der Waals surface area contributed by atoms with Crippen LogP contribution in [0.1, 0.15) is 24.8 Å². The normalized spacial score (nSPS) is 19.4. The molecule has 1 unspecified atom stereocenters. The number of nitrogen functional groups attached to an aromatic ring is 1. The Morgan fingerprint density at radius 2 is 2.41 bits per heavy atom. The van der Waals surface area contributed by atoms with Gasteiger partial charge in [0.2, 0.25) is 0 Å². The Morgan fingerprint density at radius 1 is 1.47 bits per heavy atom. The molecule has 1 aromatic heterocycles. The number of hydrogen-bond donors (Lipinski definition) is 1. The first-order chi connectivity index (χ1) is 8.34. The molecule has 4 nitrogen and oxygen atoms in total. The third-order valence-electron chi connectivity index (χ3n) is 2.50. The Kier molecular flexibility index (Phi) is 4.37. The van der Waals surface area contributed by atoms with E-state index in [0.717, 1.165) is 25.0 Å². The first kappa shape index (κ1) is 11.9. The quantitative estimate of drug-likeness (QED) is 0.786. The Labute approximate surface area is 101 Å². The van der Waals surface area contributed by atoms with Gasteiger partial charge in [-0.15, -0.1) is 0 Å². The van der Waals surface area contributed by atoms with Gasteiger partial charge in [0.1, 0.15) is 12.4 Å². The van der Waals surface area contributed by atoms with Gasteiger partial charge in [0.25, 0.3) is 0 Å². The molecule has 2 heterocycles. The minimum absolute atomic E-state index is 0.0809. The molecule has 0 aromatic carbocycles. The second-order valence-electron chi connectivity index (χ2n) is 3.88. The monoisotopic (exact) mass is 232 g/mol. The van der Waals surface area contributed by atoms with E-state index in [0.29, 0.717) is 12.4 Å². The molecule has 90 valence electrons. The molecule has 1 aliphatic rings. The Hall–Kier alpha value is -1.57. The number of aromatic nitrogens is 1. The van der Waals surface area contributed by atoms with Crippen molar-refractivity contribution >= 4 is 5.82 Å². The molecule has 1 fully saturated rings. The van der Waals surface area contributed by atoms with Gasteiger partial charge < -0.3 is 15.2 Å². The van der Waals surface area contributed by atoms with E-state index in [2.05, 4.69) is 16.8 Å². The summed E-state index contributed by atoms with van der Waals surface area (Å²) in [5.74, 6) is 6.40. The zero-order valence-electron chi connectivity index (χ0n) is 9.69. The average Bonchev–Trinajstić information content (AvgIpc) is 2.38. The zero-order chi connectivity index (χ0) is 11.9. The van der Waals surface area contributed by atoms with Crippen molar-refractivity contribution in [1.82, 2.24) is 4.98 Å². The van der Waals surface area contributed by atoms with Crippen molar-refractivity contribution in [1.29, 1.82) is 0 Å². The molecule has 0 radical (unpaired) electrons. The molecule has 17 heavy (non-hydrogen) atoms. The van der Waals surface area contributed by atoms with E-state index < -0.39 is 0 Å². The Balaban J connectivity index is 1.76. The Bertz CT molecular complexity index is 400. The molecule has 0 amide bonds. The van der Waals surface area contributed by atoms with Gasteiger partial charge in [0.05, 0.1) is 0 Å². The molecule has 2 N–H and O–H groups in total. The highest BCUT2D eigenvalue weighted by molar-refractivity contribution is 5.37. The van der Waals surface area contributed by atoms with Crippen molar-refractivity contribution in [3.05, 3.63) is 23.9 Å². The van der Waals surface area contributed by atoms with Crippen molar-refractivity contribution in [3.63, 3.8) is 0 Å². The molecule has 1 aliphatic heterocycles. The topological polar surface area (TPSA) is 57.4 Å². The lowest BCUT2D eigenvalue weighted by Gasteiger charge is -2.21.